The molecule has 3 fully saturated rings. The molecule has 0 aromatic heterocycles. The van der Waals surface area contributed by atoms with E-state index in [1.54, 1.807) is 6.20 Å². The number of halogens is 2. The fourth-order valence-electron chi connectivity index (χ4n) is 4.89. The molecule has 1 aliphatic heterocycles. The molecule has 2 bridgehead atoms. The number of nitrogens with zero attached hydrogens (tertiary/aromatic N) is 1. The highest BCUT2D eigenvalue weighted by Gasteiger charge is 2.41. The van der Waals surface area contributed by atoms with Crippen molar-refractivity contribution in [2.24, 2.45) is 11.3 Å². The predicted molar refractivity (Wildman–Crippen MR) is 93.0 cm³/mol. The van der Waals surface area contributed by atoms with Crippen molar-refractivity contribution in [1.29, 1.82) is 0 Å². The van der Waals surface area contributed by atoms with Crippen molar-refractivity contribution in [1.82, 2.24) is 10.2 Å². The van der Waals surface area contributed by atoms with Gasteiger partial charge >= 0.3 is 0 Å². The van der Waals surface area contributed by atoms with Crippen LogP contribution < -0.4 is 5.32 Å². The Morgan fingerprint density at radius 3 is 2.71 bits per heavy atom. The first kappa shape index (κ1) is 16.2. The Kier molecular flexibility index (Phi) is 3.98. The first-order valence-corrected chi connectivity index (χ1v) is 9.33. The van der Waals surface area contributed by atoms with E-state index in [1.807, 2.05) is 11.9 Å². The van der Waals surface area contributed by atoms with Gasteiger partial charge in [-0.25, -0.2) is 4.39 Å². The van der Waals surface area contributed by atoms with Gasteiger partial charge in [-0.2, -0.15) is 0 Å². The van der Waals surface area contributed by atoms with Gasteiger partial charge in [-0.1, -0.05) is 11.6 Å². The molecule has 0 spiro atoms. The second-order valence-electron chi connectivity index (χ2n) is 7.95. The lowest BCUT2D eigenvalue weighted by Gasteiger charge is -2.46. The highest BCUT2D eigenvalue weighted by molar-refractivity contribution is 6.32. The quantitative estimate of drug-likeness (QED) is 0.833. The number of hydrogen-bond acceptors (Lipinski definition) is 2. The third-order valence-electron chi connectivity index (χ3n) is 6.49. The molecule has 5 heteroatoms. The van der Waals surface area contributed by atoms with Gasteiger partial charge in [0.2, 0.25) is 0 Å². The maximum Gasteiger partial charge on any atom is 0.253 e. The van der Waals surface area contributed by atoms with Crippen LogP contribution in [0.25, 0.3) is 0 Å². The molecule has 0 aromatic carbocycles. The Bertz CT molecular complexity index is 645. The first-order valence-electron chi connectivity index (χ1n) is 8.95. The van der Waals surface area contributed by atoms with E-state index in [4.69, 9.17) is 11.6 Å². The number of carbonyl (C=O) groups excluding carboxylic acids is 1. The second kappa shape index (κ2) is 5.91. The number of rotatable bonds is 3. The zero-order chi connectivity index (χ0) is 16.9. The topological polar surface area (TPSA) is 32.3 Å². The molecule has 1 heterocycles. The van der Waals surface area contributed by atoms with Crippen LogP contribution in [0.3, 0.4) is 0 Å². The lowest BCUT2D eigenvalue weighted by atomic mass is 9.61. The SMILES string of the molecule is CN1C=C(C(=O)NCC23CCC(CC2)CC3)C2=C(Cl)C=C(F)CC21. The highest BCUT2D eigenvalue weighted by atomic mass is 35.5. The Hall–Kier alpha value is -1.29. The van der Waals surface area contributed by atoms with Crippen molar-refractivity contribution in [2.45, 2.75) is 51.0 Å². The van der Waals surface area contributed by atoms with E-state index >= 15 is 0 Å². The Morgan fingerprint density at radius 2 is 2.04 bits per heavy atom. The van der Waals surface area contributed by atoms with E-state index in [9.17, 15) is 9.18 Å². The van der Waals surface area contributed by atoms with Crippen LogP contribution in [-0.2, 0) is 4.79 Å². The summed E-state index contributed by atoms with van der Waals surface area (Å²) in [6.45, 7) is 0.749. The van der Waals surface area contributed by atoms with Gasteiger partial charge in [0.05, 0.1) is 11.6 Å². The minimum atomic E-state index is -0.228. The average molecular weight is 351 g/mol. The summed E-state index contributed by atoms with van der Waals surface area (Å²) in [6.07, 6.45) is 11.1. The fourth-order valence-corrected chi connectivity index (χ4v) is 5.23. The average Bonchev–Trinajstić information content (AvgIpc) is 2.92. The molecule has 1 amide bonds. The minimum absolute atomic E-state index is 0.0738. The molecule has 24 heavy (non-hydrogen) atoms. The molecular weight excluding hydrogens is 327 g/mol. The summed E-state index contributed by atoms with van der Waals surface area (Å²) in [5.41, 5.74) is 1.66. The van der Waals surface area contributed by atoms with Crippen molar-refractivity contribution in [3.05, 3.63) is 34.3 Å². The third kappa shape index (κ3) is 2.69. The number of fused-ring (bicyclic) bond motifs is 4. The lowest BCUT2D eigenvalue weighted by Crippen LogP contribution is -2.44. The summed E-state index contributed by atoms with van der Waals surface area (Å²) >= 11 is 6.24. The molecule has 1 unspecified atom stereocenters. The number of allylic oxidation sites excluding steroid dienone is 2. The molecule has 1 atom stereocenters. The van der Waals surface area contributed by atoms with E-state index in [-0.39, 0.29) is 24.2 Å². The molecule has 3 saturated carbocycles. The van der Waals surface area contributed by atoms with Gasteiger partial charge in [-0.15, -0.1) is 0 Å². The van der Waals surface area contributed by atoms with E-state index in [2.05, 4.69) is 5.32 Å². The van der Waals surface area contributed by atoms with Crippen LogP contribution in [0.2, 0.25) is 0 Å². The number of carbonyl (C=O) groups is 1. The van der Waals surface area contributed by atoms with Gasteiger partial charge in [0.25, 0.3) is 5.91 Å². The largest absolute Gasteiger partial charge is 0.372 e. The van der Waals surface area contributed by atoms with Crippen molar-refractivity contribution >= 4 is 17.5 Å². The lowest BCUT2D eigenvalue weighted by molar-refractivity contribution is -0.118. The Morgan fingerprint density at radius 1 is 1.38 bits per heavy atom. The predicted octanol–water partition coefficient (Wildman–Crippen LogP) is 4.02. The Labute approximate surface area is 147 Å². The maximum absolute atomic E-state index is 13.7. The van der Waals surface area contributed by atoms with Crippen LogP contribution in [0.15, 0.2) is 34.3 Å². The summed E-state index contributed by atoms with van der Waals surface area (Å²) in [4.78, 5) is 14.7. The minimum Gasteiger partial charge on any atom is -0.372 e. The molecule has 130 valence electrons. The number of likely N-dealkylation sites (N-methyl/N-ethyl adjacent to an activating group) is 1. The van der Waals surface area contributed by atoms with Gasteiger partial charge in [0, 0.05) is 36.8 Å². The molecule has 0 aromatic rings. The van der Waals surface area contributed by atoms with Crippen LogP contribution >= 0.6 is 11.6 Å². The summed E-state index contributed by atoms with van der Waals surface area (Å²) in [5.74, 6) is 0.617. The molecule has 5 aliphatic rings. The maximum atomic E-state index is 13.7. The van der Waals surface area contributed by atoms with Gasteiger partial charge in [-0.05, 0) is 55.9 Å². The van der Waals surface area contributed by atoms with Crippen molar-refractivity contribution in [3.63, 3.8) is 0 Å². The molecule has 4 aliphatic carbocycles. The normalized spacial score (nSPS) is 34.9. The molecule has 1 N–H and O–H groups in total. The number of amides is 1. The molecular formula is C19H24ClFN2O. The molecule has 3 nitrogen and oxygen atoms in total. The molecule has 5 rings (SSSR count). The van der Waals surface area contributed by atoms with Crippen LogP contribution in [-0.4, -0.2) is 30.4 Å². The van der Waals surface area contributed by atoms with Crippen LogP contribution in [0.5, 0.6) is 0 Å². The zero-order valence-corrected chi connectivity index (χ0v) is 14.8. The van der Waals surface area contributed by atoms with E-state index in [1.165, 1.54) is 44.6 Å². The second-order valence-corrected chi connectivity index (χ2v) is 8.35. The number of hydrogen-bond donors (Lipinski definition) is 1. The molecule has 0 radical (unpaired) electrons. The first-order chi connectivity index (χ1) is 11.5. The van der Waals surface area contributed by atoms with Gasteiger partial charge < -0.3 is 10.2 Å². The van der Waals surface area contributed by atoms with E-state index in [0.29, 0.717) is 16.0 Å². The van der Waals surface area contributed by atoms with Gasteiger partial charge in [0.15, 0.2) is 0 Å². The van der Waals surface area contributed by atoms with Gasteiger partial charge in [-0.3, -0.25) is 4.79 Å². The third-order valence-corrected chi connectivity index (χ3v) is 6.81. The highest BCUT2D eigenvalue weighted by Crippen LogP contribution is 2.50. The van der Waals surface area contributed by atoms with Crippen molar-refractivity contribution in [2.75, 3.05) is 13.6 Å². The summed E-state index contributed by atoms with van der Waals surface area (Å²) in [5, 5.41) is 3.51. The molecule has 0 saturated heterocycles. The van der Waals surface area contributed by atoms with Gasteiger partial charge in [0.1, 0.15) is 5.83 Å². The number of nitrogens with one attached hydrogen (secondary N) is 1. The zero-order valence-electron chi connectivity index (χ0n) is 14.1. The van der Waals surface area contributed by atoms with E-state index in [0.717, 1.165) is 18.0 Å². The monoisotopic (exact) mass is 350 g/mol. The smallest absolute Gasteiger partial charge is 0.253 e. The Balaban J connectivity index is 1.48. The summed E-state index contributed by atoms with van der Waals surface area (Å²) in [7, 11) is 1.87. The standard InChI is InChI=1S/C19H24ClFN2O/c1-23-10-14(17-15(20)8-13(21)9-16(17)23)18(24)22-11-19-5-2-12(3-6-19)4-7-19/h8,10,12,16H,2-7,9,11H2,1H3,(H,22,24). The van der Waals surface area contributed by atoms with Crippen LogP contribution in [0.1, 0.15) is 44.9 Å². The summed E-state index contributed by atoms with van der Waals surface area (Å²) in [6, 6.07) is -0.161. The van der Waals surface area contributed by atoms with Crippen molar-refractivity contribution < 1.29 is 9.18 Å². The van der Waals surface area contributed by atoms with Crippen LogP contribution in [0, 0.1) is 11.3 Å². The summed E-state index contributed by atoms with van der Waals surface area (Å²) < 4.78 is 13.7. The van der Waals surface area contributed by atoms with E-state index < -0.39 is 0 Å². The fraction of sp³-hybridized carbons (Fsp3) is 0.632. The van der Waals surface area contributed by atoms with Crippen LogP contribution in [0.4, 0.5) is 4.39 Å². The van der Waals surface area contributed by atoms with Crippen molar-refractivity contribution in [3.8, 4) is 0 Å².